The van der Waals surface area contributed by atoms with E-state index in [1.807, 2.05) is 0 Å². The van der Waals surface area contributed by atoms with Crippen molar-refractivity contribution in [2.24, 2.45) is 34.5 Å². The van der Waals surface area contributed by atoms with Crippen LogP contribution in [0.2, 0.25) is 0 Å². The van der Waals surface area contributed by atoms with Crippen LogP contribution in [-0.4, -0.2) is 28.2 Å². The fraction of sp³-hybridized carbons (Fsp3) is 0.947. The topological polar surface area (TPSA) is 57.5 Å². The lowest BCUT2D eigenvalue weighted by molar-refractivity contribution is -0.144. The van der Waals surface area contributed by atoms with E-state index in [4.69, 9.17) is 0 Å². The normalized spacial score (nSPS) is 57.9. The summed E-state index contributed by atoms with van der Waals surface area (Å²) in [6.07, 6.45) is 7.43. The third-order valence-electron chi connectivity index (χ3n) is 8.37. The van der Waals surface area contributed by atoms with Gasteiger partial charge in [-0.05, 0) is 80.5 Å². The Bertz CT molecular complexity index is 489. The highest BCUT2D eigenvalue weighted by molar-refractivity contribution is 5.91. The van der Waals surface area contributed by atoms with Crippen molar-refractivity contribution in [3.63, 3.8) is 0 Å². The lowest BCUT2D eigenvalue weighted by Crippen LogP contribution is -2.54. The van der Waals surface area contributed by atoms with Gasteiger partial charge in [-0.1, -0.05) is 13.8 Å². The SMILES string of the molecule is C[C@]12CCC(O)CC1CC[C@@H]1[C@@H]2CC[C@]2(C)C(=O)C(O)C[C@@H]12. The predicted octanol–water partition coefficient (Wildman–Crippen LogP) is 2.93. The molecular weight excluding hydrogens is 276 g/mol. The van der Waals surface area contributed by atoms with E-state index in [0.717, 1.165) is 32.1 Å². The molecule has 0 saturated heterocycles. The number of hydrogen-bond donors (Lipinski definition) is 2. The van der Waals surface area contributed by atoms with Gasteiger partial charge in [0.05, 0.1) is 6.10 Å². The number of carbonyl (C=O) groups excluding carboxylic acids is 1. The number of aliphatic hydroxyl groups excluding tert-OH is 2. The Labute approximate surface area is 133 Å². The molecule has 0 radical (unpaired) electrons. The predicted molar refractivity (Wildman–Crippen MR) is 84.1 cm³/mol. The molecule has 4 rings (SSSR count). The number of fused-ring (bicyclic) bond motifs is 5. The summed E-state index contributed by atoms with van der Waals surface area (Å²) in [6, 6.07) is 0. The van der Waals surface area contributed by atoms with E-state index < -0.39 is 6.10 Å². The molecule has 4 aliphatic rings. The quantitative estimate of drug-likeness (QED) is 0.723. The summed E-state index contributed by atoms with van der Waals surface area (Å²) in [5.41, 5.74) is 0.0814. The molecule has 0 aromatic carbocycles. The van der Waals surface area contributed by atoms with Crippen LogP contribution in [0.5, 0.6) is 0 Å². The lowest BCUT2D eigenvalue weighted by atomic mass is 9.45. The van der Waals surface area contributed by atoms with E-state index in [1.54, 1.807) is 0 Å². The molecule has 2 N–H and O–H groups in total. The number of rotatable bonds is 0. The number of hydrogen-bond acceptors (Lipinski definition) is 3. The number of aliphatic hydroxyl groups is 2. The van der Waals surface area contributed by atoms with E-state index in [-0.39, 0.29) is 17.3 Å². The third-order valence-corrected chi connectivity index (χ3v) is 8.37. The van der Waals surface area contributed by atoms with Gasteiger partial charge < -0.3 is 10.2 Å². The van der Waals surface area contributed by atoms with Gasteiger partial charge in [0.1, 0.15) is 6.10 Å². The van der Waals surface area contributed by atoms with Crippen molar-refractivity contribution in [2.45, 2.75) is 77.4 Å². The minimum atomic E-state index is -0.715. The van der Waals surface area contributed by atoms with Crippen molar-refractivity contribution in [2.75, 3.05) is 0 Å². The molecule has 0 bridgehead atoms. The van der Waals surface area contributed by atoms with Gasteiger partial charge in [0, 0.05) is 5.41 Å². The molecule has 0 heterocycles. The zero-order chi connectivity index (χ0) is 15.7. The lowest BCUT2D eigenvalue weighted by Gasteiger charge is -2.59. The Morgan fingerprint density at radius 2 is 1.73 bits per heavy atom. The smallest absolute Gasteiger partial charge is 0.167 e. The van der Waals surface area contributed by atoms with Gasteiger partial charge in [0.25, 0.3) is 0 Å². The van der Waals surface area contributed by atoms with Crippen molar-refractivity contribution in [1.82, 2.24) is 0 Å². The number of carbonyl (C=O) groups is 1. The van der Waals surface area contributed by atoms with E-state index in [2.05, 4.69) is 13.8 Å². The van der Waals surface area contributed by atoms with Crippen LogP contribution in [0.3, 0.4) is 0 Å². The van der Waals surface area contributed by atoms with Crippen molar-refractivity contribution >= 4 is 5.78 Å². The van der Waals surface area contributed by atoms with Crippen LogP contribution in [0.1, 0.15) is 65.2 Å². The highest BCUT2D eigenvalue weighted by Crippen LogP contribution is 2.65. The van der Waals surface area contributed by atoms with Crippen molar-refractivity contribution in [3.8, 4) is 0 Å². The molecule has 0 aromatic heterocycles. The molecule has 22 heavy (non-hydrogen) atoms. The maximum Gasteiger partial charge on any atom is 0.167 e. The highest BCUT2D eigenvalue weighted by Gasteiger charge is 2.62. The van der Waals surface area contributed by atoms with Crippen molar-refractivity contribution in [3.05, 3.63) is 0 Å². The van der Waals surface area contributed by atoms with Gasteiger partial charge >= 0.3 is 0 Å². The van der Waals surface area contributed by atoms with Crippen LogP contribution >= 0.6 is 0 Å². The van der Waals surface area contributed by atoms with Crippen LogP contribution in [0.15, 0.2) is 0 Å². The number of Topliss-reactive ketones (excluding diaryl/α,β-unsaturated/α-hetero) is 1. The molecule has 3 nitrogen and oxygen atoms in total. The van der Waals surface area contributed by atoms with E-state index in [0.29, 0.717) is 35.5 Å². The van der Waals surface area contributed by atoms with Crippen molar-refractivity contribution in [1.29, 1.82) is 0 Å². The minimum Gasteiger partial charge on any atom is -0.393 e. The monoisotopic (exact) mass is 306 g/mol. The molecule has 4 fully saturated rings. The molecule has 8 atom stereocenters. The average molecular weight is 306 g/mol. The van der Waals surface area contributed by atoms with Crippen LogP contribution in [-0.2, 0) is 4.79 Å². The van der Waals surface area contributed by atoms with Gasteiger partial charge in [0.2, 0.25) is 0 Å². The van der Waals surface area contributed by atoms with Gasteiger partial charge in [-0.3, -0.25) is 4.79 Å². The van der Waals surface area contributed by atoms with E-state index in [1.165, 1.54) is 12.8 Å². The van der Waals surface area contributed by atoms with Crippen molar-refractivity contribution < 1.29 is 15.0 Å². The van der Waals surface area contributed by atoms with Crippen LogP contribution in [0.4, 0.5) is 0 Å². The average Bonchev–Trinajstić information content (AvgIpc) is 2.72. The molecule has 3 heteroatoms. The second-order valence-electron chi connectivity index (χ2n) is 9.16. The second-order valence-corrected chi connectivity index (χ2v) is 9.16. The summed E-state index contributed by atoms with van der Waals surface area (Å²) >= 11 is 0. The standard InChI is InChI=1S/C19H30O3/c1-18-7-5-12(20)9-11(18)3-4-13-14(18)6-8-19(2)15(13)10-16(21)17(19)22/h11-16,20-21H,3-10H2,1-2H3/t11?,12?,13-,14+,15+,16?,18+,19+/m1/s1. The minimum absolute atomic E-state index is 0.0987. The molecule has 0 aliphatic heterocycles. The molecule has 0 amide bonds. The first-order valence-electron chi connectivity index (χ1n) is 9.26. The van der Waals surface area contributed by atoms with Gasteiger partial charge in [-0.2, -0.15) is 0 Å². The first-order chi connectivity index (χ1) is 10.4. The first-order valence-corrected chi connectivity index (χ1v) is 9.26. The largest absolute Gasteiger partial charge is 0.393 e. The fourth-order valence-corrected chi connectivity index (χ4v) is 7.02. The number of ketones is 1. The Balaban J connectivity index is 1.64. The summed E-state index contributed by atoms with van der Waals surface area (Å²) in [5, 5.41) is 20.2. The summed E-state index contributed by atoms with van der Waals surface area (Å²) in [6.45, 7) is 4.57. The molecular formula is C19H30O3. The van der Waals surface area contributed by atoms with E-state index >= 15 is 0 Å². The maximum absolute atomic E-state index is 12.5. The molecule has 0 aromatic rings. The molecule has 3 unspecified atom stereocenters. The summed E-state index contributed by atoms with van der Waals surface area (Å²) in [7, 11) is 0. The zero-order valence-corrected chi connectivity index (χ0v) is 13.9. The van der Waals surface area contributed by atoms with Crippen LogP contribution in [0, 0.1) is 34.5 Å². The maximum atomic E-state index is 12.5. The molecule has 4 aliphatic carbocycles. The summed E-state index contributed by atoms with van der Waals surface area (Å²) < 4.78 is 0. The van der Waals surface area contributed by atoms with Crippen LogP contribution < -0.4 is 0 Å². The Kier molecular flexibility index (Phi) is 3.30. The summed E-state index contributed by atoms with van der Waals surface area (Å²) in [4.78, 5) is 12.5. The second kappa shape index (κ2) is 4.80. The first kappa shape index (κ1) is 15.1. The van der Waals surface area contributed by atoms with Gasteiger partial charge in [-0.25, -0.2) is 0 Å². The Morgan fingerprint density at radius 1 is 0.955 bits per heavy atom. The van der Waals surface area contributed by atoms with Gasteiger partial charge in [-0.15, -0.1) is 0 Å². The van der Waals surface area contributed by atoms with Gasteiger partial charge in [0.15, 0.2) is 5.78 Å². The third kappa shape index (κ3) is 1.84. The Hall–Kier alpha value is -0.410. The molecule has 0 spiro atoms. The van der Waals surface area contributed by atoms with Crippen LogP contribution in [0.25, 0.3) is 0 Å². The molecule has 124 valence electrons. The Morgan fingerprint density at radius 3 is 2.50 bits per heavy atom. The van der Waals surface area contributed by atoms with E-state index in [9.17, 15) is 15.0 Å². The highest BCUT2D eigenvalue weighted by atomic mass is 16.3. The molecule has 4 saturated carbocycles. The fourth-order valence-electron chi connectivity index (χ4n) is 7.02. The zero-order valence-electron chi connectivity index (χ0n) is 13.9. The summed E-state index contributed by atoms with van der Waals surface area (Å²) in [5.74, 6) is 2.45.